The van der Waals surface area contributed by atoms with E-state index in [9.17, 15) is 9.59 Å². The first kappa shape index (κ1) is 24.1. The second-order valence-corrected chi connectivity index (χ2v) is 8.05. The highest BCUT2D eigenvalue weighted by Gasteiger charge is 2.23. The first-order valence-electron chi connectivity index (χ1n) is 11.3. The highest BCUT2D eigenvalue weighted by Crippen LogP contribution is 2.24. The highest BCUT2D eigenvalue weighted by molar-refractivity contribution is 5.94. The van der Waals surface area contributed by atoms with Crippen LogP contribution in [0.1, 0.15) is 62.6 Å². The number of nitrogens with zero attached hydrogens (tertiary/aromatic N) is 1. The maximum Gasteiger partial charge on any atom is 0.355 e. The average molecular weight is 449 g/mol. The third-order valence-corrected chi connectivity index (χ3v) is 5.61. The number of nitrogens with one attached hydrogen (secondary N) is 1. The Morgan fingerprint density at radius 1 is 0.879 bits per heavy atom. The molecule has 1 N–H and O–H groups in total. The summed E-state index contributed by atoms with van der Waals surface area (Å²) in [5, 5.41) is 0. The van der Waals surface area contributed by atoms with Gasteiger partial charge in [0.05, 0.1) is 13.2 Å². The van der Waals surface area contributed by atoms with Gasteiger partial charge in [-0.2, -0.15) is 0 Å². The summed E-state index contributed by atoms with van der Waals surface area (Å²) in [5.74, 6) is 0.263. The van der Waals surface area contributed by atoms with E-state index >= 15 is 0 Å². The second kappa shape index (κ2) is 10.9. The Kier molecular flexibility index (Phi) is 7.93. The predicted molar refractivity (Wildman–Crippen MR) is 129 cm³/mol. The summed E-state index contributed by atoms with van der Waals surface area (Å²) in [7, 11) is 0. The zero-order valence-corrected chi connectivity index (χ0v) is 20.0. The van der Waals surface area contributed by atoms with Crippen molar-refractivity contribution in [3.63, 3.8) is 0 Å². The van der Waals surface area contributed by atoms with Crippen LogP contribution in [0.3, 0.4) is 0 Å². The molecule has 0 unspecified atom stereocenters. The van der Waals surface area contributed by atoms with Crippen LogP contribution in [0.25, 0.3) is 0 Å². The molecule has 1 heterocycles. The van der Waals surface area contributed by atoms with E-state index in [1.165, 1.54) is 5.56 Å². The number of carbonyl (C=O) groups excluding carboxylic acids is 2. The van der Waals surface area contributed by atoms with Gasteiger partial charge in [-0.15, -0.1) is 0 Å². The number of benzene rings is 2. The Balaban J connectivity index is 1.93. The minimum atomic E-state index is -0.382. The van der Waals surface area contributed by atoms with Gasteiger partial charge in [0.1, 0.15) is 11.4 Å². The van der Waals surface area contributed by atoms with E-state index < -0.39 is 0 Å². The minimum Gasteiger partial charge on any atom is -0.494 e. The Morgan fingerprint density at radius 3 is 2.15 bits per heavy atom. The van der Waals surface area contributed by atoms with Crippen molar-refractivity contribution in [3.8, 4) is 5.75 Å². The summed E-state index contributed by atoms with van der Waals surface area (Å²) in [4.78, 5) is 30.8. The van der Waals surface area contributed by atoms with Gasteiger partial charge in [-0.1, -0.05) is 29.8 Å². The lowest BCUT2D eigenvalue weighted by molar-refractivity contribution is 0.0519. The second-order valence-electron chi connectivity index (χ2n) is 8.05. The number of hydrogen-bond donors (Lipinski definition) is 1. The molecule has 1 amide bonds. The van der Waals surface area contributed by atoms with Gasteiger partial charge in [-0.25, -0.2) is 4.79 Å². The SMILES string of the molecule is CCOC(=O)c1[nH]c(C)c(CN(Cc2ccc(C)cc2)C(=O)c2ccc(OCC)cc2)c1C. The van der Waals surface area contributed by atoms with E-state index in [-0.39, 0.29) is 11.9 Å². The molecule has 0 saturated carbocycles. The molecule has 33 heavy (non-hydrogen) atoms. The topological polar surface area (TPSA) is 71.6 Å². The van der Waals surface area contributed by atoms with E-state index in [0.717, 1.165) is 28.1 Å². The van der Waals surface area contributed by atoms with Gasteiger partial charge >= 0.3 is 5.97 Å². The quantitative estimate of drug-likeness (QED) is 0.448. The molecule has 1 aromatic heterocycles. The summed E-state index contributed by atoms with van der Waals surface area (Å²) in [5.41, 5.74) is 5.80. The summed E-state index contributed by atoms with van der Waals surface area (Å²) < 4.78 is 10.7. The number of rotatable bonds is 9. The van der Waals surface area contributed by atoms with E-state index in [4.69, 9.17) is 9.47 Å². The molecule has 0 bridgehead atoms. The Morgan fingerprint density at radius 2 is 1.55 bits per heavy atom. The number of aryl methyl sites for hydroxylation is 2. The molecule has 174 valence electrons. The molecular weight excluding hydrogens is 416 g/mol. The number of amides is 1. The molecule has 0 aliphatic heterocycles. The van der Waals surface area contributed by atoms with E-state index in [2.05, 4.69) is 4.98 Å². The zero-order chi connectivity index (χ0) is 24.0. The maximum absolute atomic E-state index is 13.5. The van der Waals surface area contributed by atoms with Crippen LogP contribution in [0.2, 0.25) is 0 Å². The molecule has 6 heteroatoms. The molecule has 0 aliphatic carbocycles. The lowest BCUT2D eigenvalue weighted by atomic mass is 10.1. The third kappa shape index (κ3) is 5.83. The van der Waals surface area contributed by atoms with Gasteiger partial charge in [0.15, 0.2) is 0 Å². The molecule has 0 saturated heterocycles. The summed E-state index contributed by atoms with van der Waals surface area (Å²) in [6.07, 6.45) is 0. The molecular formula is C27H32N2O4. The predicted octanol–water partition coefficient (Wildman–Crippen LogP) is 5.36. The van der Waals surface area contributed by atoms with Crippen molar-refractivity contribution in [1.29, 1.82) is 0 Å². The van der Waals surface area contributed by atoms with Gasteiger partial charge in [0, 0.05) is 24.3 Å². The normalized spacial score (nSPS) is 10.7. The van der Waals surface area contributed by atoms with Gasteiger partial charge in [-0.3, -0.25) is 4.79 Å². The van der Waals surface area contributed by atoms with Gasteiger partial charge in [-0.05, 0) is 75.6 Å². The third-order valence-electron chi connectivity index (χ3n) is 5.61. The van der Waals surface area contributed by atoms with Crippen molar-refractivity contribution in [2.24, 2.45) is 0 Å². The van der Waals surface area contributed by atoms with Gasteiger partial charge in [0.2, 0.25) is 0 Å². The molecule has 0 spiro atoms. The van der Waals surface area contributed by atoms with Crippen molar-refractivity contribution in [1.82, 2.24) is 9.88 Å². The Bertz CT molecular complexity index is 1100. The van der Waals surface area contributed by atoms with Crippen LogP contribution in [0.5, 0.6) is 5.75 Å². The maximum atomic E-state index is 13.5. The van der Waals surface area contributed by atoms with Crippen molar-refractivity contribution in [3.05, 3.63) is 87.7 Å². The number of carbonyl (C=O) groups is 2. The van der Waals surface area contributed by atoms with Crippen molar-refractivity contribution in [2.75, 3.05) is 13.2 Å². The molecule has 0 fully saturated rings. The average Bonchev–Trinajstić information content (AvgIpc) is 3.09. The summed E-state index contributed by atoms with van der Waals surface area (Å²) >= 11 is 0. The fraction of sp³-hybridized carbons (Fsp3) is 0.333. The van der Waals surface area contributed by atoms with E-state index in [1.54, 1.807) is 24.0 Å². The Hall–Kier alpha value is -3.54. The highest BCUT2D eigenvalue weighted by atomic mass is 16.5. The van der Waals surface area contributed by atoms with Crippen LogP contribution >= 0.6 is 0 Å². The molecule has 0 atom stereocenters. The fourth-order valence-electron chi connectivity index (χ4n) is 3.78. The minimum absolute atomic E-state index is 0.0868. The first-order valence-corrected chi connectivity index (χ1v) is 11.3. The van der Waals surface area contributed by atoms with Crippen LogP contribution in [0.4, 0.5) is 0 Å². The van der Waals surface area contributed by atoms with Crippen LogP contribution < -0.4 is 4.74 Å². The first-order chi connectivity index (χ1) is 15.8. The van der Waals surface area contributed by atoms with Crippen molar-refractivity contribution in [2.45, 2.75) is 47.7 Å². The van der Waals surface area contributed by atoms with Gasteiger partial charge in [0.25, 0.3) is 5.91 Å². The van der Waals surface area contributed by atoms with Gasteiger partial charge < -0.3 is 19.4 Å². The summed E-state index contributed by atoms with van der Waals surface area (Å²) in [6.45, 7) is 11.2. The smallest absolute Gasteiger partial charge is 0.355 e. The number of aromatic nitrogens is 1. The number of hydrogen-bond acceptors (Lipinski definition) is 4. The molecule has 6 nitrogen and oxygen atoms in total. The summed E-state index contributed by atoms with van der Waals surface area (Å²) in [6, 6.07) is 15.4. The monoisotopic (exact) mass is 448 g/mol. The van der Waals surface area contributed by atoms with E-state index in [0.29, 0.717) is 37.6 Å². The largest absolute Gasteiger partial charge is 0.494 e. The van der Waals surface area contributed by atoms with E-state index in [1.807, 2.05) is 64.1 Å². The lowest BCUT2D eigenvalue weighted by Crippen LogP contribution is -2.30. The van der Waals surface area contributed by atoms with Crippen LogP contribution in [0.15, 0.2) is 48.5 Å². The van der Waals surface area contributed by atoms with Crippen LogP contribution in [-0.2, 0) is 17.8 Å². The number of H-pyrrole nitrogens is 1. The molecule has 3 rings (SSSR count). The Labute approximate surface area is 195 Å². The fourth-order valence-corrected chi connectivity index (χ4v) is 3.78. The molecule has 0 aliphatic rings. The number of ether oxygens (including phenoxy) is 2. The van der Waals surface area contributed by atoms with Crippen molar-refractivity contribution < 1.29 is 19.1 Å². The molecule has 0 radical (unpaired) electrons. The van der Waals surface area contributed by atoms with Crippen LogP contribution in [-0.4, -0.2) is 35.0 Å². The number of aromatic amines is 1. The zero-order valence-electron chi connectivity index (χ0n) is 20.0. The van der Waals surface area contributed by atoms with Crippen LogP contribution in [0, 0.1) is 20.8 Å². The number of esters is 1. The van der Waals surface area contributed by atoms with Crippen molar-refractivity contribution >= 4 is 11.9 Å². The molecule has 2 aromatic carbocycles. The standard InChI is InChI=1S/C27H32N2O4/c1-6-32-23-14-12-22(13-15-23)26(30)29(16-21-10-8-18(3)9-11-21)17-24-19(4)25(28-20(24)5)27(31)33-7-2/h8-15,28H,6-7,16-17H2,1-5H3. The molecule has 3 aromatic rings. The lowest BCUT2D eigenvalue weighted by Gasteiger charge is -2.24.